The van der Waals surface area contributed by atoms with Gasteiger partial charge in [0, 0.05) is 19.4 Å². The summed E-state index contributed by atoms with van der Waals surface area (Å²) in [7, 11) is 1.67. The Hall–Kier alpha value is -2.18. The Morgan fingerprint density at radius 1 is 1.35 bits per heavy atom. The predicted molar refractivity (Wildman–Crippen MR) is 74.3 cm³/mol. The molecule has 1 rings (SSSR count). The highest BCUT2D eigenvalue weighted by Gasteiger charge is 2.32. The lowest BCUT2D eigenvalue weighted by molar-refractivity contribution is -0.144. The number of carbonyl (C=O) groups excluding carboxylic acids is 1. The van der Waals surface area contributed by atoms with Gasteiger partial charge in [-0.2, -0.15) is 0 Å². The van der Waals surface area contributed by atoms with Gasteiger partial charge in [0.25, 0.3) is 0 Å². The molecule has 7 nitrogen and oxygen atoms in total. The van der Waals surface area contributed by atoms with E-state index in [0.29, 0.717) is 5.95 Å². The number of aliphatic carboxylic acids is 1. The molecule has 1 atom stereocenters. The second-order valence-electron chi connectivity index (χ2n) is 5.61. The molecule has 0 spiro atoms. The lowest BCUT2D eigenvalue weighted by Crippen LogP contribution is -2.51. The van der Waals surface area contributed by atoms with Crippen LogP contribution in [-0.2, 0) is 9.59 Å². The van der Waals surface area contributed by atoms with Crippen LogP contribution in [0.3, 0.4) is 0 Å². The third-order valence-corrected chi connectivity index (χ3v) is 2.69. The zero-order chi connectivity index (χ0) is 15.3. The van der Waals surface area contributed by atoms with Gasteiger partial charge in [-0.1, -0.05) is 20.8 Å². The lowest BCUT2D eigenvalue weighted by atomic mass is 9.87. The summed E-state index contributed by atoms with van der Waals surface area (Å²) in [4.78, 5) is 32.7. The van der Waals surface area contributed by atoms with Gasteiger partial charge in [-0.25, -0.2) is 14.8 Å². The molecule has 1 unspecified atom stereocenters. The van der Waals surface area contributed by atoms with E-state index in [9.17, 15) is 9.59 Å². The molecule has 0 aliphatic carbocycles. The third kappa shape index (κ3) is 4.49. The molecular formula is C13H20N4O3. The summed E-state index contributed by atoms with van der Waals surface area (Å²) in [5, 5.41) is 11.7. The number of rotatable bonds is 5. The molecule has 20 heavy (non-hydrogen) atoms. The molecule has 1 aromatic rings. The van der Waals surface area contributed by atoms with Gasteiger partial charge >= 0.3 is 5.97 Å². The van der Waals surface area contributed by atoms with Crippen LogP contribution in [0.25, 0.3) is 0 Å². The Bertz CT molecular complexity index is 470. The van der Waals surface area contributed by atoms with Gasteiger partial charge in [0.15, 0.2) is 0 Å². The third-order valence-electron chi connectivity index (χ3n) is 2.69. The molecule has 0 saturated heterocycles. The Morgan fingerprint density at radius 2 is 1.90 bits per heavy atom. The Kier molecular flexibility index (Phi) is 5.01. The maximum absolute atomic E-state index is 11.9. The van der Waals surface area contributed by atoms with Gasteiger partial charge in [0.2, 0.25) is 11.9 Å². The van der Waals surface area contributed by atoms with Crippen LogP contribution in [0, 0.1) is 5.41 Å². The van der Waals surface area contributed by atoms with Gasteiger partial charge in [0.1, 0.15) is 6.04 Å². The number of nitrogens with one attached hydrogen (secondary N) is 1. The Morgan fingerprint density at radius 3 is 2.35 bits per heavy atom. The summed E-state index contributed by atoms with van der Waals surface area (Å²) in [6.07, 6.45) is 3.15. The molecule has 0 radical (unpaired) electrons. The second kappa shape index (κ2) is 6.31. The van der Waals surface area contributed by atoms with Crippen LogP contribution in [0.1, 0.15) is 20.8 Å². The fraction of sp³-hybridized carbons (Fsp3) is 0.538. The second-order valence-corrected chi connectivity index (χ2v) is 5.61. The number of carbonyl (C=O) groups is 2. The fourth-order valence-corrected chi connectivity index (χ4v) is 1.63. The number of likely N-dealkylation sites (N-methyl/N-ethyl adjacent to an activating group) is 1. The molecular weight excluding hydrogens is 260 g/mol. The van der Waals surface area contributed by atoms with Crippen molar-refractivity contribution in [1.82, 2.24) is 15.3 Å². The van der Waals surface area contributed by atoms with Gasteiger partial charge in [-0.05, 0) is 11.5 Å². The number of anilines is 1. The maximum atomic E-state index is 11.9. The van der Waals surface area contributed by atoms with Gasteiger partial charge in [-0.15, -0.1) is 0 Å². The first-order valence-electron chi connectivity index (χ1n) is 6.22. The predicted octanol–water partition coefficient (Wildman–Crippen LogP) is 0.528. The van der Waals surface area contributed by atoms with Crippen LogP contribution in [0.15, 0.2) is 18.5 Å². The van der Waals surface area contributed by atoms with Crippen molar-refractivity contribution >= 4 is 17.8 Å². The largest absolute Gasteiger partial charge is 0.480 e. The SMILES string of the molecule is CN(CC(=O)NC(C(=O)O)C(C)(C)C)c1ncccn1. The van der Waals surface area contributed by atoms with Crippen molar-refractivity contribution in [1.29, 1.82) is 0 Å². The van der Waals surface area contributed by atoms with E-state index in [0.717, 1.165) is 0 Å². The number of aromatic nitrogens is 2. The molecule has 1 aromatic heterocycles. The minimum absolute atomic E-state index is 0.0100. The smallest absolute Gasteiger partial charge is 0.326 e. The molecule has 110 valence electrons. The summed E-state index contributed by atoms with van der Waals surface area (Å²) in [5.41, 5.74) is -0.566. The van der Waals surface area contributed by atoms with Gasteiger partial charge in [0.05, 0.1) is 6.54 Å². The van der Waals surface area contributed by atoms with E-state index in [1.807, 2.05) is 0 Å². The van der Waals surface area contributed by atoms with Crippen LogP contribution in [0.5, 0.6) is 0 Å². The van der Waals surface area contributed by atoms with E-state index < -0.39 is 17.4 Å². The fourth-order valence-electron chi connectivity index (χ4n) is 1.63. The van der Waals surface area contributed by atoms with E-state index in [1.54, 1.807) is 51.2 Å². The quantitative estimate of drug-likeness (QED) is 0.816. The van der Waals surface area contributed by atoms with E-state index in [4.69, 9.17) is 5.11 Å². The molecule has 0 aliphatic rings. The molecule has 7 heteroatoms. The number of amides is 1. The van der Waals surface area contributed by atoms with Crippen LogP contribution in [-0.4, -0.2) is 46.6 Å². The normalized spacial score (nSPS) is 12.6. The molecule has 1 heterocycles. The van der Waals surface area contributed by atoms with E-state index in [1.165, 1.54) is 0 Å². The topological polar surface area (TPSA) is 95.4 Å². The molecule has 0 saturated carbocycles. The van der Waals surface area contributed by atoms with Crippen molar-refractivity contribution in [2.75, 3.05) is 18.5 Å². The number of hydrogen-bond acceptors (Lipinski definition) is 5. The molecule has 2 N–H and O–H groups in total. The zero-order valence-electron chi connectivity index (χ0n) is 12.1. The van der Waals surface area contributed by atoms with Crippen molar-refractivity contribution in [2.45, 2.75) is 26.8 Å². The van der Waals surface area contributed by atoms with Crippen LogP contribution in [0.2, 0.25) is 0 Å². The monoisotopic (exact) mass is 280 g/mol. The average Bonchev–Trinajstić information content (AvgIpc) is 2.35. The standard InChI is InChI=1S/C13H20N4O3/c1-13(2,3)10(11(19)20)16-9(18)8-17(4)12-14-6-5-7-15-12/h5-7,10H,8H2,1-4H3,(H,16,18)(H,19,20). The first-order valence-corrected chi connectivity index (χ1v) is 6.22. The lowest BCUT2D eigenvalue weighted by Gasteiger charge is -2.28. The maximum Gasteiger partial charge on any atom is 0.326 e. The van der Waals surface area contributed by atoms with Crippen LogP contribution >= 0.6 is 0 Å². The summed E-state index contributed by atoms with van der Waals surface area (Å²) < 4.78 is 0. The van der Waals surface area contributed by atoms with E-state index >= 15 is 0 Å². The minimum atomic E-state index is -1.05. The van der Waals surface area contributed by atoms with Gasteiger partial charge < -0.3 is 15.3 Å². The molecule has 0 bridgehead atoms. The molecule has 0 aliphatic heterocycles. The highest BCUT2D eigenvalue weighted by Crippen LogP contribution is 2.19. The van der Waals surface area contributed by atoms with Crippen molar-refractivity contribution in [2.24, 2.45) is 5.41 Å². The minimum Gasteiger partial charge on any atom is -0.480 e. The first kappa shape index (κ1) is 15.9. The summed E-state index contributed by atoms with van der Waals surface area (Å²) in [6.45, 7) is 5.27. The Balaban J connectivity index is 2.65. The average molecular weight is 280 g/mol. The van der Waals surface area contributed by atoms with Crippen LogP contribution in [0.4, 0.5) is 5.95 Å². The van der Waals surface area contributed by atoms with Crippen molar-refractivity contribution in [3.63, 3.8) is 0 Å². The Labute approximate surface area is 118 Å². The van der Waals surface area contributed by atoms with Crippen molar-refractivity contribution in [3.05, 3.63) is 18.5 Å². The highest BCUT2D eigenvalue weighted by molar-refractivity contribution is 5.86. The van der Waals surface area contributed by atoms with E-state index in [2.05, 4.69) is 15.3 Å². The molecule has 0 aromatic carbocycles. The number of nitrogens with zero attached hydrogens (tertiary/aromatic N) is 3. The van der Waals surface area contributed by atoms with Crippen molar-refractivity contribution in [3.8, 4) is 0 Å². The molecule has 1 amide bonds. The summed E-state index contributed by atoms with van der Waals surface area (Å²) in [5.74, 6) is -1.03. The van der Waals surface area contributed by atoms with Crippen molar-refractivity contribution < 1.29 is 14.7 Å². The number of carboxylic acids is 1. The van der Waals surface area contributed by atoms with Gasteiger partial charge in [-0.3, -0.25) is 4.79 Å². The van der Waals surface area contributed by atoms with E-state index in [-0.39, 0.29) is 12.5 Å². The highest BCUT2D eigenvalue weighted by atomic mass is 16.4. The first-order chi connectivity index (χ1) is 9.21. The zero-order valence-corrected chi connectivity index (χ0v) is 12.1. The molecule has 0 fully saturated rings. The summed E-state index contributed by atoms with van der Waals surface area (Å²) in [6, 6.07) is 0.734. The number of hydrogen-bond donors (Lipinski definition) is 2. The summed E-state index contributed by atoms with van der Waals surface area (Å²) >= 11 is 0. The van der Waals surface area contributed by atoms with Crippen LogP contribution < -0.4 is 10.2 Å². The number of carboxylic acid groups (broad SMARTS) is 1.